The molecular formula is C20H20N2O2. The molecule has 1 heterocycles. The number of aliphatic hydroxyl groups excluding tert-OH is 1. The maximum absolute atomic E-state index is 9.73. The molecule has 0 fully saturated rings. The summed E-state index contributed by atoms with van der Waals surface area (Å²) < 4.78 is 5.47. The second-order valence-electron chi connectivity index (χ2n) is 6.11. The minimum absolute atomic E-state index is 0.0299. The van der Waals surface area contributed by atoms with Gasteiger partial charge in [-0.05, 0) is 42.2 Å². The zero-order valence-corrected chi connectivity index (χ0v) is 13.6. The van der Waals surface area contributed by atoms with E-state index in [0.29, 0.717) is 0 Å². The molecule has 0 aliphatic heterocycles. The van der Waals surface area contributed by atoms with E-state index in [1.807, 2.05) is 42.5 Å². The molecular weight excluding hydrogens is 300 g/mol. The molecule has 2 N–H and O–H groups in total. The first-order valence-corrected chi connectivity index (χ1v) is 8.22. The van der Waals surface area contributed by atoms with E-state index in [-0.39, 0.29) is 12.6 Å². The molecule has 24 heavy (non-hydrogen) atoms. The zero-order chi connectivity index (χ0) is 16.5. The van der Waals surface area contributed by atoms with Crippen LogP contribution in [0.3, 0.4) is 0 Å². The van der Waals surface area contributed by atoms with E-state index >= 15 is 0 Å². The molecule has 3 aromatic rings. The van der Waals surface area contributed by atoms with Crippen molar-refractivity contribution in [2.45, 2.75) is 25.5 Å². The normalized spacial score (nSPS) is 16.2. The SMILES string of the molecule is COc1cccc2c1CCC2Nc1nc2ccccc2cc1CO. The van der Waals surface area contributed by atoms with Crippen LogP contribution in [0, 0.1) is 0 Å². The number of methoxy groups -OCH3 is 1. The number of hydrogen-bond acceptors (Lipinski definition) is 4. The fraction of sp³-hybridized carbons (Fsp3) is 0.250. The number of pyridine rings is 1. The Morgan fingerprint density at radius 2 is 2.08 bits per heavy atom. The lowest BCUT2D eigenvalue weighted by molar-refractivity contribution is 0.282. The summed E-state index contributed by atoms with van der Waals surface area (Å²) in [4.78, 5) is 4.72. The Morgan fingerprint density at radius 1 is 1.21 bits per heavy atom. The fourth-order valence-electron chi connectivity index (χ4n) is 3.53. The Morgan fingerprint density at radius 3 is 2.92 bits per heavy atom. The Hall–Kier alpha value is -2.59. The van der Waals surface area contributed by atoms with E-state index in [1.165, 1.54) is 11.1 Å². The van der Waals surface area contributed by atoms with Gasteiger partial charge in [0.1, 0.15) is 11.6 Å². The van der Waals surface area contributed by atoms with Crippen LogP contribution in [-0.2, 0) is 13.0 Å². The van der Waals surface area contributed by atoms with Crippen LogP contribution in [0.25, 0.3) is 10.9 Å². The lowest BCUT2D eigenvalue weighted by atomic mass is 10.1. The molecule has 122 valence electrons. The van der Waals surface area contributed by atoms with Crippen LogP contribution < -0.4 is 10.1 Å². The second kappa shape index (κ2) is 6.13. The van der Waals surface area contributed by atoms with Crippen LogP contribution in [0.2, 0.25) is 0 Å². The van der Waals surface area contributed by atoms with Gasteiger partial charge in [0.25, 0.3) is 0 Å². The molecule has 1 atom stereocenters. The summed E-state index contributed by atoms with van der Waals surface area (Å²) in [5.74, 6) is 1.71. The van der Waals surface area contributed by atoms with Gasteiger partial charge in [-0.25, -0.2) is 4.98 Å². The number of nitrogens with one attached hydrogen (secondary N) is 1. The van der Waals surface area contributed by atoms with Crippen molar-refractivity contribution in [3.8, 4) is 5.75 Å². The van der Waals surface area contributed by atoms with Crippen molar-refractivity contribution in [1.82, 2.24) is 4.98 Å². The molecule has 4 heteroatoms. The monoisotopic (exact) mass is 320 g/mol. The number of ether oxygens (including phenoxy) is 1. The van der Waals surface area contributed by atoms with Gasteiger partial charge in [0, 0.05) is 10.9 Å². The van der Waals surface area contributed by atoms with Gasteiger partial charge in [-0.2, -0.15) is 0 Å². The molecule has 1 aliphatic carbocycles. The van der Waals surface area contributed by atoms with Gasteiger partial charge in [0.05, 0.1) is 25.3 Å². The van der Waals surface area contributed by atoms with Crippen LogP contribution in [0.1, 0.15) is 29.2 Å². The Kier molecular flexibility index (Phi) is 3.82. The van der Waals surface area contributed by atoms with E-state index in [4.69, 9.17) is 9.72 Å². The number of hydrogen-bond donors (Lipinski definition) is 2. The quantitative estimate of drug-likeness (QED) is 0.767. The average Bonchev–Trinajstić information content (AvgIpc) is 3.04. The van der Waals surface area contributed by atoms with Gasteiger partial charge >= 0.3 is 0 Å². The molecule has 1 unspecified atom stereocenters. The van der Waals surface area contributed by atoms with Gasteiger partial charge in [-0.1, -0.05) is 30.3 Å². The molecule has 0 amide bonds. The average molecular weight is 320 g/mol. The Balaban J connectivity index is 1.71. The maximum Gasteiger partial charge on any atom is 0.132 e. The number of para-hydroxylation sites is 1. The lowest BCUT2D eigenvalue weighted by Gasteiger charge is -2.18. The molecule has 1 aromatic heterocycles. The van der Waals surface area contributed by atoms with Crippen molar-refractivity contribution in [2.24, 2.45) is 0 Å². The van der Waals surface area contributed by atoms with Crippen molar-refractivity contribution >= 4 is 16.7 Å². The molecule has 0 saturated carbocycles. The molecule has 0 bridgehead atoms. The highest BCUT2D eigenvalue weighted by Crippen LogP contribution is 2.39. The van der Waals surface area contributed by atoms with Crippen LogP contribution in [0.5, 0.6) is 5.75 Å². The number of aromatic nitrogens is 1. The van der Waals surface area contributed by atoms with E-state index in [1.54, 1.807) is 7.11 Å². The number of benzene rings is 2. The third-order valence-electron chi connectivity index (χ3n) is 4.73. The topological polar surface area (TPSA) is 54.4 Å². The van der Waals surface area contributed by atoms with Crippen molar-refractivity contribution in [3.63, 3.8) is 0 Å². The Labute approximate surface area is 141 Å². The summed E-state index contributed by atoms with van der Waals surface area (Å²) in [6.07, 6.45) is 1.98. The van der Waals surface area contributed by atoms with Gasteiger partial charge in [-0.15, -0.1) is 0 Å². The van der Waals surface area contributed by atoms with Gasteiger partial charge in [0.2, 0.25) is 0 Å². The first-order valence-electron chi connectivity index (χ1n) is 8.22. The van der Waals surface area contributed by atoms with E-state index in [9.17, 15) is 5.11 Å². The van der Waals surface area contributed by atoms with Gasteiger partial charge in [-0.3, -0.25) is 0 Å². The Bertz CT molecular complexity index is 892. The first-order chi connectivity index (χ1) is 11.8. The highest BCUT2D eigenvalue weighted by Gasteiger charge is 2.26. The third kappa shape index (κ3) is 2.49. The van der Waals surface area contributed by atoms with Gasteiger partial charge in [0.15, 0.2) is 0 Å². The molecule has 0 saturated heterocycles. The minimum atomic E-state index is -0.0299. The van der Waals surface area contributed by atoms with Crippen molar-refractivity contribution in [2.75, 3.05) is 12.4 Å². The summed E-state index contributed by atoms with van der Waals surface area (Å²) in [5, 5.41) is 14.3. The van der Waals surface area contributed by atoms with Crippen molar-refractivity contribution in [3.05, 3.63) is 65.2 Å². The van der Waals surface area contributed by atoms with Gasteiger partial charge < -0.3 is 15.2 Å². The number of aliphatic hydroxyl groups is 1. The summed E-state index contributed by atoms with van der Waals surface area (Å²) in [6, 6.07) is 16.3. The molecule has 4 rings (SSSR count). The number of anilines is 1. The second-order valence-corrected chi connectivity index (χ2v) is 6.11. The predicted molar refractivity (Wildman–Crippen MR) is 95.3 cm³/mol. The number of rotatable bonds is 4. The summed E-state index contributed by atoms with van der Waals surface area (Å²) in [5.41, 5.74) is 4.28. The maximum atomic E-state index is 9.73. The van der Waals surface area contributed by atoms with Crippen LogP contribution >= 0.6 is 0 Å². The predicted octanol–water partition coefficient (Wildman–Crippen LogP) is 3.84. The lowest BCUT2D eigenvalue weighted by Crippen LogP contribution is -2.11. The number of nitrogens with zero attached hydrogens (tertiary/aromatic N) is 1. The largest absolute Gasteiger partial charge is 0.496 e. The van der Waals surface area contributed by atoms with Crippen LogP contribution in [0.15, 0.2) is 48.5 Å². The molecule has 0 spiro atoms. The van der Waals surface area contributed by atoms with E-state index in [2.05, 4.69) is 11.4 Å². The minimum Gasteiger partial charge on any atom is -0.496 e. The fourth-order valence-corrected chi connectivity index (χ4v) is 3.53. The van der Waals surface area contributed by atoms with Crippen molar-refractivity contribution in [1.29, 1.82) is 0 Å². The molecule has 2 aromatic carbocycles. The van der Waals surface area contributed by atoms with Crippen molar-refractivity contribution < 1.29 is 9.84 Å². The number of fused-ring (bicyclic) bond motifs is 2. The summed E-state index contributed by atoms with van der Waals surface area (Å²) in [7, 11) is 1.71. The van der Waals surface area contributed by atoms with Crippen LogP contribution in [-0.4, -0.2) is 17.2 Å². The highest BCUT2D eigenvalue weighted by atomic mass is 16.5. The van der Waals surface area contributed by atoms with E-state index < -0.39 is 0 Å². The third-order valence-corrected chi connectivity index (χ3v) is 4.73. The van der Waals surface area contributed by atoms with E-state index in [0.717, 1.165) is 40.9 Å². The molecule has 4 nitrogen and oxygen atoms in total. The summed E-state index contributed by atoms with van der Waals surface area (Å²) >= 11 is 0. The molecule has 1 aliphatic rings. The molecule has 0 radical (unpaired) electrons. The summed E-state index contributed by atoms with van der Waals surface area (Å²) in [6.45, 7) is -0.0299. The first kappa shape index (κ1) is 15.0. The standard InChI is InChI=1S/C20H20N2O2/c1-24-19-8-4-6-15-16(19)9-10-18(15)22-20-14(12-23)11-13-5-2-3-7-17(13)21-20/h2-8,11,18,23H,9-10,12H2,1H3,(H,21,22). The van der Waals surface area contributed by atoms with Crippen LogP contribution in [0.4, 0.5) is 5.82 Å². The zero-order valence-electron chi connectivity index (χ0n) is 13.6. The smallest absolute Gasteiger partial charge is 0.132 e. The highest BCUT2D eigenvalue weighted by molar-refractivity contribution is 5.81.